The molecule has 25 nitrogen and oxygen atoms in total. The molecule has 0 unspecified atom stereocenters. The van der Waals surface area contributed by atoms with Crippen LogP contribution in [0, 0.1) is 16.1 Å². The number of nitrogen functional groups attached to an aromatic ring is 2. The SMILES string of the molecule is C.COc1cc(CC#N)c(Cl)c(OC)c1.COc1cc(OC)c(Cl)c(-c2cc3cnc(SC)nc3[nH]c2=O)c1.COc1cc(OC)c(Cl)c(-c2cc3cnc(SC)nc3nc2Cl)c1.COc1cc(OC)c(Cl)c(-c2cc3cnc(SC)nc3nc2N)c1.Nc1[nH]c(=S)ncc1C=O.O=P(Cl)(Cl)Cl. The molecule has 0 aliphatic heterocycles. The fourth-order valence-corrected chi connectivity index (χ4v) is 11.0. The Morgan fingerprint density at radius 2 is 0.912 bits per heavy atom. The molecule has 0 saturated carbocycles. The zero-order valence-corrected chi connectivity index (χ0v) is 64.9. The van der Waals surface area contributed by atoms with Crippen molar-refractivity contribution in [3.63, 3.8) is 0 Å². The van der Waals surface area contributed by atoms with E-state index in [1.165, 1.54) is 62.8 Å². The minimum absolute atomic E-state index is 0. The lowest BCUT2D eigenvalue weighted by molar-refractivity contribution is 0.112. The van der Waals surface area contributed by atoms with E-state index in [1.807, 2.05) is 37.0 Å². The molecule has 0 aliphatic rings. The van der Waals surface area contributed by atoms with Gasteiger partial charge in [-0.15, -0.1) is 0 Å². The number of anilines is 2. The number of rotatable bonds is 16. The van der Waals surface area contributed by atoms with E-state index < -0.39 is 5.20 Å². The van der Waals surface area contributed by atoms with Gasteiger partial charge in [-0.3, -0.25) is 14.2 Å². The predicted molar refractivity (Wildman–Crippen MR) is 415 cm³/mol. The molecule has 11 aromatic rings. The first-order chi connectivity index (χ1) is 48.2. The van der Waals surface area contributed by atoms with Gasteiger partial charge in [0.1, 0.15) is 68.4 Å². The number of hydrogen-bond donors (Lipinski definition) is 4. The standard InChI is InChI=1S/C16H13Cl2N3O2S.C16H15ClN4O2S.C16H14ClN3O3S.C10H10ClNO2.C5H5N3OS.CH4.Cl3OP/c2*1-22-9-5-10(13(17)12(6-9)23-2)11-4-8-7-19-16(24-3)21-15(8)20-14(11)18;1-22-9-5-10(13(17)12(6-9)23-2)11-4-8-7-18-16(24-3)20-14(8)19-15(11)21;1-13-8-5-7(3-4-12)10(11)9(6-8)14-2;6-4-3(2-9)1-7-5(10)8-4;;1-5(2,3)4/h4-7H,1-3H3;4-7H,1-3H3,(H2,18,19,20,21);4-7H,1-3H3,(H,18,19,20,21);5-6H,3H2,1-2H3;1-2H,(H3,6,7,8,10);1H4;. The number of aldehydes is 1. The topological polar surface area (TPSA) is 348 Å². The summed E-state index contributed by atoms with van der Waals surface area (Å²) in [7, 11) is 12.4. The van der Waals surface area contributed by atoms with Gasteiger partial charge in [-0.25, -0.2) is 44.9 Å². The molecular weight excluding hydrogens is 1580 g/mol. The first kappa shape index (κ1) is 84.9. The number of methoxy groups -OCH3 is 8. The fourth-order valence-electron chi connectivity index (χ4n) is 8.49. The summed E-state index contributed by atoms with van der Waals surface area (Å²) in [5.74, 6) is 4.93. The Labute approximate surface area is 642 Å². The highest BCUT2D eigenvalue weighted by molar-refractivity contribution is 8.24. The van der Waals surface area contributed by atoms with E-state index in [2.05, 4.69) is 101 Å². The van der Waals surface area contributed by atoms with E-state index >= 15 is 0 Å². The minimum atomic E-state index is -3.22. The number of H-pyrrole nitrogens is 2. The average Bonchev–Trinajstić information content (AvgIpc) is 0.793. The quantitative estimate of drug-likeness (QED) is 0.0174. The summed E-state index contributed by atoms with van der Waals surface area (Å²) in [6.45, 7) is 0. The number of thioether (sulfide) groups is 3. The summed E-state index contributed by atoms with van der Waals surface area (Å²) in [6, 6.07) is 21.2. The molecule has 6 N–H and O–H groups in total. The molecule has 11 rings (SSSR count). The maximum atomic E-state index is 12.5. The molecule has 7 aromatic heterocycles. The van der Waals surface area contributed by atoms with E-state index in [4.69, 9.17) is 113 Å². The second-order valence-electron chi connectivity index (χ2n) is 19.2. The van der Waals surface area contributed by atoms with Gasteiger partial charge in [-0.2, -0.15) is 5.26 Å². The minimum Gasteiger partial charge on any atom is -0.497 e. The summed E-state index contributed by atoms with van der Waals surface area (Å²) in [6.07, 6.45) is 13.0. The van der Waals surface area contributed by atoms with Crippen LogP contribution in [0.15, 0.2) is 112 Å². The lowest BCUT2D eigenvalue weighted by Crippen LogP contribution is -2.10. The van der Waals surface area contributed by atoms with Crippen LogP contribution in [0.25, 0.3) is 66.5 Å². The number of halogens is 8. The molecule has 0 aliphatic carbocycles. The molecule has 0 radical (unpaired) electrons. The van der Waals surface area contributed by atoms with Gasteiger partial charge in [-0.05, 0) is 113 Å². The molecule has 0 saturated heterocycles. The number of nitrogens with two attached hydrogens (primary N) is 2. The molecule has 4 aromatic carbocycles. The average molecular weight is 1650 g/mol. The van der Waals surface area contributed by atoms with E-state index in [0.29, 0.717) is 166 Å². The Kier molecular flexibility index (Phi) is 33.5. The van der Waals surface area contributed by atoms with E-state index in [1.54, 1.807) is 109 Å². The van der Waals surface area contributed by atoms with Gasteiger partial charge in [-0.1, -0.05) is 101 Å². The number of hydrogen-bond acceptors (Lipinski definition) is 27. The van der Waals surface area contributed by atoms with Crippen molar-refractivity contribution in [2.75, 3.05) is 87.1 Å². The van der Waals surface area contributed by atoms with Crippen LogP contribution in [-0.4, -0.2) is 137 Å². The van der Waals surface area contributed by atoms with Crippen LogP contribution in [0.2, 0.25) is 25.2 Å². The van der Waals surface area contributed by atoms with Crippen LogP contribution in [-0.2, 0) is 11.0 Å². The number of nitriles is 1. The molecule has 102 heavy (non-hydrogen) atoms. The Morgan fingerprint density at radius 3 is 1.33 bits per heavy atom. The highest BCUT2D eigenvalue weighted by atomic mass is 36.0. The summed E-state index contributed by atoms with van der Waals surface area (Å²) in [5, 5.41) is 11.5. The zero-order valence-electron chi connectivity index (χ0n) is 54.7. The number of nitrogens with zero attached hydrogens (tertiary/aromatic N) is 10. The Balaban J connectivity index is 0.000000231. The highest BCUT2D eigenvalue weighted by Gasteiger charge is 2.21. The van der Waals surface area contributed by atoms with Crippen LogP contribution in [0.3, 0.4) is 0 Å². The van der Waals surface area contributed by atoms with Crippen molar-refractivity contribution in [1.29, 1.82) is 5.26 Å². The lowest BCUT2D eigenvalue weighted by Gasteiger charge is -2.13. The number of pyridine rings is 3. The number of nitrogens with one attached hydrogen (secondary N) is 2. The normalized spacial score (nSPS) is 10.4. The van der Waals surface area contributed by atoms with Crippen molar-refractivity contribution < 1.29 is 47.3 Å². The highest BCUT2D eigenvalue weighted by Crippen LogP contribution is 2.61. The molecule has 0 amide bonds. The molecule has 0 fully saturated rings. The van der Waals surface area contributed by atoms with Crippen molar-refractivity contribution in [1.82, 2.24) is 54.8 Å². The van der Waals surface area contributed by atoms with Crippen LogP contribution in [0.4, 0.5) is 11.6 Å². The number of carbonyl (C=O) groups excluding carboxylic acids is 1. The third-order valence-corrected chi connectivity index (χ3v) is 17.1. The lowest BCUT2D eigenvalue weighted by atomic mass is 10.0. The van der Waals surface area contributed by atoms with Crippen LogP contribution in [0.5, 0.6) is 46.0 Å². The number of benzene rings is 4. The fraction of sp³-hybridized carbons (Fsp3) is 0.203. The van der Waals surface area contributed by atoms with E-state index in [-0.39, 0.29) is 30.0 Å². The number of aromatic nitrogens is 11. The third kappa shape index (κ3) is 22.9. The van der Waals surface area contributed by atoms with Gasteiger partial charge >= 0.3 is 5.20 Å². The Hall–Kier alpha value is -7.79. The monoisotopic (exact) mass is 1640 g/mol. The first-order valence-electron chi connectivity index (χ1n) is 28.0. The van der Waals surface area contributed by atoms with Crippen molar-refractivity contribution in [3.05, 3.63) is 143 Å². The van der Waals surface area contributed by atoms with Gasteiger partial charge in [0, 0.05) is 98.6 Å². The molecule has 0 atom stereocenters. The first-order valence-corrected chi connectivity index (χ1v) is 38.4. The van der Waals surface area contributed by atoms with Crippen molar-refractivity contribution in [3.8, 4) is 85.4 Å². The maximum absolute atomic E-state index is 12.5. The molecule has 0 bridgehead atoms. The van der Waals surface area contributed by atoms with Crippen LogP contribution < -0.4 is 54.9 Å². The summed E-state index contributed by atoms with van der Waals surface area (Å²) in [5.41, 5.74) is 17.4. The number of carbonyl (C=O) groups is 1. The smallest absolute Gasteiger partial charge is 0.339 e. The predicted octanol–water partition coefficient (Wildman–Crippen LogP) is 18.2. The number of aromatic amines is 2. The molecular formula is C64H61Cl8N14O11PS4. The maximum Gasteiger partial charge on any atom is 0.339 e. The van der Waals surface area contributed by atoms with Crippen LogP contribution >= 0.6 is 144 Å². The number of fused-ring (bicyclic) bond motifs is 3. The van der Waals surface area contributed by atoms with Gasteiger partial charge in [0.25, 0.3) is 5.56 Å². The van der Waals surface area contributed by atoms with Gasteiger partial charge < -0.3 is 59.3 Å². The zero-order chi connectivity index (χ0) is 74.4. The second-order valence-corrected chi connectivity index (χ2v) is 30.5. The van der Waals surface area contributed by atoms with E-state index in [9.17, 15) is 14.2 Å². The largest absolute Gasteiger partial charge is 0.497 e. The van der Waals surface area contributed by atoms with Crippen molar-refractivity contribution in [2.45, 2.75) is 29.3 Å². The Bertz CT molecular complexity index is 4870. The van der Waals surface area contributed by atoms with Crippen molar-refractivity contribution in [2.24, 2.45) is 0 Å². The second kappa shape index (κ2) is 40.3. The molecule has 7 heterocycles. The van der Waals surface area contributed by atoms with Gasteiger partial charge in [0.05, 0.1) is 95.0 Å². The van der Waals surface area contributed by atoms with Gasteiger partial charge in [0.15, 0.2) is 37.8 Å². The molecule has 0 spiro atoms. The summed E-state index contributed by atoms with van der Waals surface area (Å²) in [4.78, 5) is 66.2. The molecule has 538 valence electrons. The van der Waals surface area contributed by atoms with E-state index in [0.717, 1.165) is 10.8 Å². The van der Waals surface area contributed by atoms with Gasteiger partial charge in [0.2, 0.25) is 0 Å². The summed E-state index contributed by atoms with van der Waals surface area (Å²) >= 11 is 54.4. The summed E-state index contributed by atoms with van der Waals surface area (Å²) < 4.78 is 51.6. The van der Waals surface area contributed by atoms with Crippen molar-refractivity contribution >= 4 is 195 Å². The number of ether oxygens (including phenoxy) is 8. The third-order valence-electron chi connectivity index (χ3n) is 13.3. The Morgan fingerprint density at radius 1 is 0.520 bits per heavy atom. The molecule has 38 heteroatoms. The van der Waals surface area contributed by atoms with Crippen LogP contribution in [0.1, 0.15) is 23.3 Å².